The van der Waals surface area contributed by atoms with Gasteiger partial charge in [-0.3, -0.25) is 0 Å². The number of aryl methyl sites for hydroxylation is 1. The zero-order valence-electron chi connectivity index (χ0n) is 10.3. The van der Waals surface area contributed by atoms with Gasteiger partial charge in [-0.15, -0.1) is 11.3 Å². The Kier molecular flexibility index (Phi) is 5.34. The van der Waals surface area contributed by atoms with E-state index in [2.05, 4.69) is 45.1 Å². The molecule has 2 atom stereocenters. The summed E-state index contributed by atoms with van der Waals surface area (Å²) in [5, 5.41) is 3.60. The van der Waals surface area contributed by atoms with Crippen molar-refractivity contribution in [3.63, 3.8) is 0 Å². The smallest absolute Gasteiger partial charge is 0.0302 e. The lowest BCUT2D eigenvalue weighted by Gasteiger charge is -2.19. The first kappa shape index (κ1) is 12.7. The molecule has 0 saturated carbocycles. The van der Waals surface area contributed by atoms with Gasteiger partial charge in [0.25, 0.3) is 0 Å². The van der Waals surface area contributed by atoms with Crippen LogP contribution in [-0.4, -0.2) is 6.04 Å². The van der Waals surface area contributed by atoms with Gasteiger partial charge in [0.15, 0.2) is 0 Å². The van der Waals surface area contributed by atoms with Crippen molar-refractivity contribution in [1.29, 1.82) is 0 Å². The summed E-state index contributed by atoms with van der Waals surface area (Å²) in [4.78, 5) is 2.95. The Morgan fingerprint density at radius 3 is 2.40 bits per heavy atom. The van der Waals surface area contributed by atoms with Gasteiger partial charge in [0.05, 0.1) is 0 Å². The molecule has 86 valence electrons. The number of hydrogen-bond acceptors (Lipinski definition) is 2. The van der Waals surface area contributed by atoms with Crippen LogP contribution in [-0.2, 0) is 13.0 Å². The Hall–Kier alpha value is -0.340. The maximum Gasteiger partial charge on any atom is 0.0302 e. The van der Waals surface area contributed by atoms with Gasteiger partial charge in [-0.25, -0.2) is 0 Å². The van der Waals surface area contributed by atoms with Gasteiger partial charge in [0, 0.05) is 22.3 Å². The molecule has 1 heterocycles. The van der Waals surface area contributed by atoms with E-state index in [-0.39, 0.29) is 0 Å². The summed E-state index contributed by atoms with van der Waals surface area (Å²) in [6, 6.07) is 5.11. The van der Waals surface area contributed by atoms with Crippen molar-refractivity contribution < 1.29 is 0 Å². The Balaban J connectivity index is 2.36. The summed E-state index contributed by atoms with van der Waals surface area (Å²) >= 11 is 1.93. The predicted molar refractivity (Wildman–Crippen MR) is 69.5 cm³/mol. The monoisotopic (exact) mass is 225 g/mol. The van der Waals surface area contributed by atoms with Crippen LogP contribution in [0.3, 0.4) is 0 Å². The second kappa shape index (κ2) is 6.29. The van der Waals surface area contributed by atoms with Crippen molar-refractivity contribution in [2.45, 2.75) is 53.1 Å². The van der Waals surface area contributed by atoms with Crippen LogP contribution in [0.4, 0.5) is 0 Å². The van der Waals surface area contributed by atoms with Crippen LogP contribution in [0.15, 0.2) is 12.1 Å². The minimum atomic E-state index is 0.613. The summed E-state index contributed by atoms with van der Waals surface area (Å²) in [6.07, 6.45) is 2.41. The second-order valence-electron chi connectivity index (χ2n) is 4.28. The summed E-state index contributed by atoms with van der Waals surface area (Å²) < 4.78 is 0. The van der Waals surface area contributed by atoms with Crippen molar-refractivity contribution in [2.75, 3.05) is 0 Å². The number of rotatable bonds is 6. The lowest BCUT2D eigenvalue weighted by atomic mass is 10.0. The molecule has 0 aromatic carbocycles. The molecule has 0 bridgehead atoms. The zero-order valence-corrected chi connectivity index (χ0v) is 11.2. The topological polar surface area (TPSA) is 12.0 Å². The van der Waals surface area contributed by atoms with E-state index < -0.39 is 0 Å². The minimum absolute atomic E-state index is 0.613. The average Bonchev–Trinajstić information content (AvgIpc) is 2.72. The highest BCUT2D eigenvalue weighted by atomic mass is 32.1. The summed E-state index contributed by atoms with van der Waals surface area (Å²) in [5.41, 5.74) is 0. The molecule has 0 fully saturated rings. The third kappa shape index (κ3) is 3.96. The summed E-state index contributed by atoms with van der Waals surface area (Å²) in [5.74, 6) is 0.760. The van der Waals surface area contributed by atoms with Crippen LogP contribution >= 0.6 is 11.3 Å². The quantitative estimate of drug-likeness (QED) is 0.776. The van der Waals surface area contributed by atoms with Crippen molar-refractivity contribution in [3.8, 4) is 0 Å². The van der Waals surface area contributed by atoms with E-state index in [0.29, 0.717) is 6.04 Å². The molecular formula is C13H23NS. The third-order valence-corrected chi connectivity index (χ3v) is 4.39. The molecule has 1 rings (SSSR count). The van der Waals surface area contributed by atoms with Gasteiger partial charge >= 0.3 is 0 Å². The SMILES string of the molecule is CCc1ccc(CNC(C)C(C)CC)s1. The predicted octanol–water partition coefficient (Wildman–Crippen LogP) is 3.83. The highest BCUT2D eigenvalue weighted by Crippen LogP contribution is 2.17. The first-order chi connectivity index (χ1) is 7.17. The normalized spacial score (nSPS) is 15.2. The molecule has 0 saturated heterocycles. The highest BCUT2D eigenvalue weighted by molar-refractivity contribution is 7.11. The molecule has 0 aliphatic heterocycles. The van der Waals surface area contributed by atoms with E-state index in [0.717, 1.165) is 18.9 Å². The van der Waals surface area contributed by atoms with E-state index >= 15 is 0 Å². The number of nitrogens with one attached hydrogen (secondary N) is 1. The van der Waals surface area contributed by atoms with Crippen molar-refractivity contribution >= 4 is 11.3 Å². The molecule has 0 spiro atoms. The first-order valence-corrected chi connectivity index (χ1v) is 6.80. The van der Waals surface area contributed by atoms with Gasteiger partial charge in [-0.2, -0.15) is 0 Å². The molecule has 0 aliphatic rings. The molecule has 2 unspecified atom stereocenters. The van der Waals surface area contributed by atoms with E-state index in [1.807, 2.05) is 11.3 Å². The van der Waals surface area contributed by atoms with Crippen LogP contribution in [0.2, 0.25) is 0 Å². The lowest BCUT2D eigenvalue weighted by Crippen LogP contribution is -2.30. The van der Waals surface area contributed by atoms with Gasteiger partial charge in [0.2, 0.25) is 0 Å². The fourth-order valence-corrected chi connectivity index (χ4v) is 2.43. The minimum Gasteiger partial charge on any atom is -0.309 e. The van der Waals surface area contributed by atoms with Crippen molar-refractivity contribution in [1.82, 2.24) is 5.32 Å². The van der Waals surface area contributed by atoms with Crippen LogP contribution in [0.1, 0.15) is 43.9 Å². The van der Waals surface area contributed by atoms with Gasteiger partial charge in [-0.1, -0.05) is 27.2 Å². The fraction of sp³-hybridized carbons (Fsp3) is 0.692. The molecule has 15 heavy (non-hydrogen) atoms. The number of hydrogen-bond donors (Lipinski definition) is 1. The molecule has 0 aliphatic carbocycles. The second-order valence-corrected chi connectivity index (χ2v) is 5.53. The molecule has 1 N–H and O–H groups in total. The third-order valence-electron chi connectivity index (χ3n) is 3.16. The van der Waals surface area contributed by atoms with E-state index in [9.17, 15) is 0 Å². The molecule has 0 radical (unpaired) electrons. The molecule has 2 heteroatoms. The first-order valence-electron chi connectivity index (χ1n) is 5.98. The molecule has 1 nitrogen and oxygen atoms in total. The zero-order chi connectivity index (χ0) is 11.3. The molecule has 1 aromatic heterocycles. The van der Waals surface area contributed by atoms with Crippen LogP contribution in [0.5, 0.6) is 0 Å². The average molecular weight is 225 g/mol. The molecular weight excluding hydrogens is 202 g/mol. The Morgan fingerprint density at radius 2 is 1.87 bits per heavy atom. The Bertz CT molecular complexity index is 280. The standard InChI is InChI=1S/C13H23NS/c1-5-10(3)11(4)14-9-13-8-7-12(6-2)15-13/h7-8,10-11,14H,5-6,9H2,1-4H3. The summed E-state index contributed by atoms with van der Waals surface area (Å²) in [6.45, 7) is 10.1. The van der Waals surface area contributed by atoms with Gasteiger partial charge in [-0.05, 0) is 31.4 Å². The van der Waals surface area contributed by atoms with E-state index in [1.165, 1.54) is 16.2 Å². The van der Waals surface area contributed by atoms with Gasteiger partial charge < -0.3 is 5.32 Å². The van der Waals surface area contributed by atoms with E-state index in [1.54, 1.807) is 0 Å². The van der Waals surface area contributed by atoms with Crippen LogP contribution < -0.4 is 5.32 Å². The highest BCUT2D eigenvalue weighted by Gasteiger charge is 2.09. The van der Waals surface area contributed by atoms with Gasteiger partial charge in [0.1, 0.15) is 0 Å². The largest absolute Gasteiger partial charge is 0.309 e. The van der Waals surface area contributed by atoms with Crippen LogP contribution in [0, 0.1) is 5.92 Å². The summed E-state index contributed by atoms with van der Waals surface area (Å²) in [7, 11) is 0. The maximum absolute atomic E-state index is 3.60. The number of thiophene rings is 1. The Labute approximate surface area is 97.9 Å². The molecule has 1 aromatic rings. The van der Waals surface area contributed by atoms with Crippen molar-refractivity contribution in [3.05, 3.63) is 21.9 Å². The Morgan fingerprint density at radius 1 is 1.20 bits per heavy atom. The van der Waals surface area contributed by atoms with Crippen molar-refractivity contribution in [2.24, 2.45) is 5.92 Å². The maximum atomic E-state index is 3.60. The fourth-order valence-electron chi connectivity index (χ4n) is 1.52. The molecule has 0 amide bonds. The van der Waals surface area contributed by atoms with E-state index in [4.69, 9.17) is 0 Å². The van der Waals surface area contributed by atoms with Crippen LogP contribution in [0.25, 0.3) is 0 Å². The lowest BCUT2D eigenvalue weighted by molar-refractivity contribution is 0.391.